The average molecular weight is 588 g/mol. The van der Waals surface area contributed by atoms with Gasteiger partial charge in [-0.3, -0.25) is 14.7 Å². The Morgan fingerprint density at radius 2 is 1.84 bits per heavy atom. The lowest BCUT2D eigenvalue weighted by Crippen LogP contribution is -2.34. The number of nitrogens with one attached hydrogen (secondary N) is 1. The molecule has 222 valence electrons. The van der Waals surface area contributed by atoms with E-state index in [9.17, 15) is 4.79 Å². The van der Waals surface area contributed by atoms with Gasteiger partial charge in [0.25, 0.3) is 5.91 Å². The standard InChI is InChI=1S/C33H33N9O2/c1-40-26-6-4-3-5-22(26)17-27(40)33(43)38-25-8-7-23(18-28(25)44-2)30-29-31(34)36-20-37-32(29)42(39-30)24-11-15-41(16-12-24)19-21-9-13-35-14-10-21/h3-10,13-14,17-18,20,24H,11-12,15-16,19H2,1-2H3,(H,38,43)(H2,34,36,37). The van der Waals surface area contributed by atoms with Gasteiger partial charge in [-0.05, 0) is 54.8 Å². The van der Waals surface area contributed by atoms with Gasteiger partial charge in [-0.2, -0.15) is 5.10 Å². The number of piperidine rings is 1. The number of para-hydroxylation sites is 1. The third kappa shape index (κ3) is 5.01. The number of nitrogen functional groups attached to an aromatic ring is 1. The summed E-state index contributed by atoms with van der Waals surface area (Å²) < 4.78 is 9.63. The third-order valence-electron chi connectivity index (χ3n) is 8.48. The molecule has 11 nitrogen and oxygen atoms in total. The van der Waals surface area contributed by atoms with E-state index in [4.69, 9.17) is 15.6 Å². The molecule has 1 saturated heterocycles. The van der Waals surface area contributed by atoms with E-state index in [0.717, 1.165) is 48.9 Å². The SMILES string of the molecule is COc1cc(-c2nn(C3CCN(Cc4ccncc4)CC3)c3ncnc(N)c23)ccc1NC(=O)c1cc2ccccc2n1C. The van der Waals surface area contributed by atoms with Gasteiger partial charge in [-0.1, -0.05) is 24.3 Å². The monoisotopic (exact) mass is 587 g/mol. The smallest absolute Gasteiger partial charge is 0.272 e. The van der Waals surface area contributed by atoms with E-state index in [0.29, 0.717) is 39.7 Å². The number of rotatable bonds is 7. The Hall–Kier alpha value is -5.29. The number of pyridine rings is 1. The van der Waals surface area contributed by atoms with Crippen LogP contribution in [0.4, 0.5) is 11.5 Å². The lowest BCUT2D eigenvalue weighted by atomic mass is 10.0. The van der Waals surface area contributed by atoms with E-state index in [-0.39, 0.29) is 11.9 Å². The summed E-state index contributed by atoms with van der Waals surface area (Å²) in [6, 6.07) is 19.7. The van der Waals surface area contributed by atoms with Gasteiger partial charge in [0.2, 0.25) is 0 Å². The van der Waals surface area contributed by atoms with Crippen LogP contribution >= 0.6 is 0 Å². The van der Waals surface area contributed by atoms with Crippen LogP contribution in [-0.2, 0) is 13.6 Å². The topological polar surface area (TPSA) is 129 Å². The quantitative estimate of drug-likeness (QED) is 0.265. The van der Waals surface area contributed by atoms with Crippen LogP contribution in [0.5, 0.6) is 5.75 Å². The first kappa shape index (κ1) is 27.5. The molecule has 2 aromatic carbocycles. The molecule has 0 unspecified atom stereocenters. The summed E-state index contributed by atoms with van der Waals surface area (Å²) >= 11 is 0. The van der Waals surface area contributed by atoms with Crippen LogP contribution in [0.25, 0.3) is 33.2 Å². The zero-order chi connectivity index (χ0) is 30.2. The van der Waals surface area contributed by atoms with Gasteiger partial charge >= 0.3 is 0 Å². The van der Waals surface area contributed by atoms with Crippen molar-refractivity contribution >= 4 is 39.3 Å². The summed E-state index contributed by atoms with van der Waals surface area (Å²) in [6.45, 7) is 2.80. The van der Waals surface area contributed by atoms with E-state index in [1.807, 2.05) is 77.2 Å². The fraction of sp³-hybridized carbons (Fsp3) is 0.242. The van der Waals surface area contributed by atoms with Gasteiger partial charge in [0.1, 0.15) is 29.3 Å². The van der Waals surface area contributed by atoms with E-state index in [2.05, 4.69) is 37.3 Å². The Kier molecular flexibility index (Phi) is 7.15. The highest BCUT2D eigenvalue weighted by Gasteiger charge is 2.27. The summed E-state index contributed by atoms with van der Waals surface area (Å²) in [5.41, 5.74) is 12.0. The Morgan fingerprint density at radius 3 is 2.61 bits per heavy atom. The Bertz CT molecular complexity index is 1970. The van der Waals surface area contributed by atoms with Crippen LogP contribution in [0.3, 0.4) is 0 Å². The van der Waals surface area contributed by atoms with Crippen LogP contribution in [0.15, 0.2) is 79.4 Å². The largest absolute Gasteiger partial charge is 0.495 e. The lowest BCUT2D eigenvalue weighted by Gasteiger charge is -2.32. The number of carbonyl (C=O) groups is 1. The van der Waals surface area contributed by atoms with Crippen molar-refractivity contribution in [3.63, 3.8) is 0 Å². The van der Waals surface area contributed by atoms with Gasteiger partial charge in [-0.15, -0.1) is 0 Å². The summed E-state index contributed by atoms with van der Waals surface area (Å²) in [5.74, 6) is 0.660. The molecule has 0 saturated carbocycles. The molecule has 5 heterocycles. The number of benzene rings is 2. The minimum Gasteiger partial charge on any atom is -0.495 e. The molecule has 0 spiro atoms. The highest BCUT2D eigenvalue weighted by Crippen LogP contribution is 2.37. The number of aromatic nitrogens is 6. The number of aryl methyl sites for hydroxylation is 1. The Balaban J connectivity index is 1.16. The van der Waals surface area contributed by atoms with Crippen LogP contribution in [0, 0.1) is 0 Å². The molecule has 0 radical (unpaired) electrons. The predicted octanol–water partition coefficient (Wildman–Crippen LogP) is 5.06. The molecule has 0 aliphatic carbocycles. The van der Waals surface area contributed by atoms with Crippen molar-refractivity contribution in [2.45, 2.75) is 25.4 Å². The molecular formula is C33H33N9O2. The number of fused-ring (bicyclic) bond motifs is 2. The number of anilines is 2. The number of hydrogen-bond donors (Lipinski definition) is 2. The first-order valence-electron chi connectivity index (χ1n) is 14.6. The van der Waals surface area contributed by atoms with Crippen molar-refractivity contribution in [1.82, 2.24) is 34.2 Å². The van der Waals surface area contributed by atoms with E-state index < -0.39 is 0 Å². The molecule has 1 aliphatic rings. The summed E-state index contributed by atoms with van der Waals surface area (Å²) in [6.07, 6.45) is 7.04. The molecule has 3 N–H and O–H groups in total. The second-order valence-corrected chi connectivity index (χ2v) is 11.1. The van der Waals surface area contributed by atoms with Crippen molar-refractivity contribution in [2.24, 2.45) is 7.05 Å². The van der Waals surface area contributed by atoms with E-state index in [1.54, 1.807) is 7.11 Å². The highest BCUT2D eigenvalue weighted by atomic mass is 16.5. The number of likely N-dealkylation sites (tertiary alicyclic amines) is 1. The third-order valence-corrected chi connectivity index (χ3v) is 8.48. The van der Waals surface area contributed by atoms with Crippen LogP contribution in [0.2, 0.25) is 0 Å². The zero-order valence-electron chi connectivity index (χ0n) is 24.6. The molecule has 6 aromatic rings. The van der Waals surface area contributed by atoms with Crippen molar-refractivity contribution in [3.05, 3.63) is 90.6 Å². The molecule has 44 heavy (non-hydrogen) atoms. The number of amides is 1. The fourth-order valence-corrected chi connectivity index (χ4v) is 6.16. The molecule has 4 aromatic heterocycles. The number of methoxy groups -OCH3 is 1. The Labute approximate surface area is 254 Å². The molecule has 1 amide bonds. The van der Waals surface area contributed by atoms with Crippen LogP contribution in [-0.4, -0.2) is 60.3 Å². The first-order valence-corrected chi connectivity index (χ1v) is 14.6. The minimum absolute atomic E-state index is 0.176. The Morgan fingerprint density at radius 1 is 1.05 bits per heavy atom. The van der Waals surface area contributed by atoms with E-state index >= 15 is 0 Å². The van der Waals surface area contributed by atoms with Crippen molar-refractivity contribution in [2.75, 3.05) is 31.2 Å². The highest BCUT2D eigenvalue weighted by molar-refractivity contribution is 6.07. The molecule has 1 aliphatic heterocycles. The van der Waals surface area contributed by atoms with Crippen molar-refractivity contribution in [3.8, 4) is 17.0 Å². The lowest BCUT2D eigenvalue weighted by molar-refractivity contribution is 0.101. The van der Waals surface area contributed by atoms with Crippen LogP contribution in [0.1, 0.15) is 34.9 Å². The number of hydrogen-bond acceptors (Lipinski definition) is 8. The second-order valence-electron chi connectivity index (χ2n) is 11.1. The van der Waals surface area contributed by atoms with Gasteiger partial charge in [0, 0.05) is 55.5 Å². The van der Waals surface area contributed by atoms with Crippen molar-refractivity contribution in [1.29, 1.82) is 0 Å². The summed E-state index contributed by atoms with van der Waals surface area (Å²) in [5, 5.41) is 9.79. The number of nitrogens with zero attached hydrogens (tertiary/aromatic N) is 7. The number of carbonyl (C=O) groups excluding carboxylic acids is 1. The molecular weight excluding hydrogens is 554 g/mol. The first-order chi connectivity index (χ1) is 21.5. The van der Waals surface area contributed by atoms with Gasteiger partial charge in [-0.25, -0.2) is 14.6 Å². The predicted molar refractivity (Wildman–Crippen MR) is 170 cm³/mol. The maximum atomic E-state index is 13.3. The second kappa shape index (κ2) is 11.4. The fourth-order valence-electron chi connectivity index (χ4n) is 6.16. The average Bonchev–Trinajstić information content (AvgIpc) is 3.61. The van der Waals surface area contributed by atoms with Gasteiger partial charge in [0.05, 0.1) is 24.2 Å². The van der Waals surface area contributed by atoms with Gasteiger partial charge in [0.15, 0.2) is 5.65 Å². The molecule has 0 atom stereocenters. The van der Waals surface area contributed by atoms with E-state index in [1.165, 1.54) is 11.9 Å². The zero-order valence-corrected chi connectivity index (χ0v) is 24.6. The molecule has 7 rings (SSSR count). The summed E-state index contributed by atoms with van der Waals surface area (Å²) in [4.78, 5) is 28.8. The maximum Gasteiger partial charge on any atom is 0.272 e. The molecule has 11 heteroatoms. The van der Waals surface area contributed by atoms with Crippen molar-refractivity contribution < 1.29 is 9.53 Å². The summed E-state index contributed by atoms with van der Waals surface area (Å²) in [7, 11) is 3.47. The minimum atomic E-state index is -0.225. The number of nitrogens with two attached hydrogens (primary N) is 1. The maximum absolute atomic E-state index is 13.3. The van der Waals surface area contributed by atoms with Gasteiger partial charge < -0.3 is 20.4 Å². The molecule has 0 bridgehead atoms. The molecule has 1 fully saturated rings. The normalized spacial score (nSPS) is 14.3. The number of ether oxygens (including phenoxy) is 1. The van der Waals surface area contributed by atoms with Crippen LogP contribution < -0.4 is 15.8 Å².